The summed E-state index contributed by atoms with van der Waals surface area (Å²) in [6.45, 7) is 0. The minimum absolute atomic E-state index is 0.152. The normalized spacial score (nSPS) is 10.4. The van der Waals surface area contributed by atoms with Crippen LogP contribution in [-0.2, 0) is 4.74 Å². The number of carbonyl (C=O) groups is 1. The third kappa shape index (κ3) is 2.21. The predicted octanol–water partition coefficient (Wildman–Crippen LogP) is 2.47. The van der Waals surface area contributed by atoms with Crippen molar-refractivity contribution in [3.63, 3.8) is 0 Å². The zero-order valence-corrected chi connectivity index (χ0v) is 9.22. The molecule has 16 heavy (non-hydrogen) atoms. The summed E-state index contributed by atoms with van der Waals surface area (Å²) >= 11 is 5.66. The van der Waals surface area contributed by atoms with Gasteiger partial charge < -0.3 is 9.47 Å². The summed E-state index contributed by atoms with van der Waals surface area (Å²) in [6.07, 6.45) is -1.97. The van der Waals surface area contributed by atoms with Crippen molar-refractivity contribution in [2.75, 3.05) is 14.2 Å². The maximum atomic E-state index is 12.5. The highest BCUT2D eigenvalue weighted by Crippen LogP contribution is 2.33. The highest BCUT2D eigenvalue weighted by molar-refractivity contribution is 6.34. The lowest BCUT2D eigenvalue weighted by Crippen LogP contribution is -2.08. The Bertz CT molecular complexity index is 412. The number of alkyl halides is 2. The van der Waals surface area contributed by atoms with E-state index in [1.54, 1.807) is 0 Å². The number of hydrogen-bond donors (Lipinski definition) is 0. The summed E-state index contributed by atoms with van der Waals surface area (Å²) in [5, 5.41) is -0.409. The Hall–Kier alpha value is -1.43. The van der Waals surface area contributed by atoms with Crippen LogP contribution in [0.5, 0.6) is 5.88 Å². The quantitative estimate of drug-likeness (QED) is 0.775. The van der Waals surface area contributed by atoms with E-state index in [4.69, 9.17) is 16.3 Å². The number of esters is 1. The molecule has 0 spiro atoms. The molecule has 0 radical (unpaired) electrons. The third-order valence-corrected chi connectivity index (χ3v) is 2.23. The van der Waals surface area contributed by atoms with Gasteiger partial charge >= 0.3 is 5.97 Å². The van der Waals surface area contributed by atoms with Crippen LogP contribution in [0.1, 0.15) is 22.3 Å². The van der Waals surface area contributed by atoms with E-state index < -0.39 is 23.0 Å². The van der Waals surface area contributed by atoms with Gasteiger partial charge in [-0.1, -0.05) is 11.6 Å². The summed E-state index contributed by atoms with van der Waals surface area (Å²) in [6, 6.07) is 0. The smallest absolute Gasteiger partial charge is 0.344 e. The summed E-state index contributed by atoms with van der Waals surface area (Å²) in [4.78, 5) is 14.9. The zero-order valence-electron chi connectivity index (χ0n) is 8.46. The molecule has 0 saturated heterocycles. The van der Waals surface area contributed by atoms with E-state index in [-0.39, 0.29) is 11.4 Å². The molecule has 1 aromatic rings. The Kier molecular flexibility index (Phi) is 4.00. The number of aromatic nitrogens is 1. The van der Waals surface area contributed by atoms with Gasteiger partial charge in [0.25, 0.3) is 6.43 Å². The molecular weight excluding hydrogens is 244 g/mol. The first-order valence-corrected chi connectivity index (χ1v) is 4.49. The van der Waals surface area contributed by atoms with Gasteiger partial charge in [0, 0.05) is 6.20 Å². The van der Waals surface area contributed by atoms with E-state index in [9.17, 15) is 13.6 Å². The van der Waals surface area contributed by atoms with Crippen LogP contribution in [0.4, 0.5) is 8.78 Å². The van der Waals surface area contributed by atoms with Crippen molar-refractivity contribution in [2.45, 2.75) is 6.43 Å². The Morgan fingerprint density at radius 2 is 2.12 bits per heavy atom. The molecule has 1 rings (SSSR count). The molecule has 0 amide bonds. The molecule has 0 bridgehead atoms. The highest BCUT2D eigenvalue weighted by atomic mass is 35.5. The van der Waals surface area contributed by atoms with E-state index in [0.717, 1.165) is 13.3 Å². The van der Waals surface area contributed by atoms with Crippen molar-refractivity contribution < 1.29 is 23.0 Å². The number of carbonyl (C=O) groups excluding carboxylic acids is 1. The lowest BCUT2D eigenvalue weighted by Gasteiger charge is -2.10. The topological polar surface area (TPSA) is 48.4 Å². The Morgan fingerprint density at radius 1 is 1.50 bits per heavy atom. The Morgan fingerprint density at radius 3 is 2.56 bits per heavy atom. The van der Waals surface area contributed by atoms with Crippen LogP contribution in [0.3, 0.4) is 0 Å². The van der Waals surface area contributed by atoms with Crippen LogP contribution in [-0.4, -0.2) is 25.2 Å². The first-order chi connectivity index (χ1) is 7.52. The lowest BCUT2D eigenvalue weighted by molar-refractivity contribution is 0.0595. The van der Waals surface area contributed by atoms with Gasteiger partial charge in [-0.05, 0) is 0 Å². The molecule has 0 saturated carbocycles. The first-order valence-electron chi connectivity index (χ1n) is 4.11. The molecule has 0 N–H and O–H groups in total. The van der Waals surface area contributed by atoms with Gasteiger partial charge in [0.05, 0.1) is 24.8 Å². The van der Waals surface area contributed by atoms with E-state index in [1.807, 2.05) is 0 Å². The van der Waals surface area contributed by atoms with E-state index in [1.165, 1.54) is 7.11 Å². The summed E-state index contributed by atoms with van der Waals surface area (Å²) in [5.74, 6) is -1.03. The van der Waals surface area contributed by atoms with E-state index >= 15 is 0 Å². The van der Waals surface area contributed by atoms with Crippen molar-refractivity contribution in [3.8, 4) is 5.88 Å². The average Bonchev–Trinajstić information content (AvgIpc) is 2.26. The van der Waals surface area contributed by atoms with Crippen LogP contribution >= 0.6 is 11.6 Å². The van der Waals surface area contributed by atoms with Gasteiger partial charge in [-0.2, -0.15) is 0 Å². The molecule has 0 aliphatic carbocycles. The number of methoxy groups -OCH3 is 2. The second kappa shape index (κ2) is 5.07. The van der Waals surface area contributed by atoms with Gasteiger partial charge in [0.2, 0.25) is 5.88 Å². The lowest BCUT2D eigenvalue weighted by atomic mass is 10.2. The molecule has 7 heteroatoms. The van der Waals surface area contributed by atoms with Crippen molar-refractivity contribution >= 4 is 17.6 Å². The molecule has 4 nitrogen and oxygen atoms in total. The van der Waals surface area contributed by atoms with Crippen LogP contribution < -0.4 is 4.74 Å². The summed E-state index contributed by atoms with van der Waals surface area (Å²) in [7, 11) is 2.35. The molecule has 0 fully saturated rings. The fourth-order valence-electron chi connectivity index (χ4n) is 1.07. The number of hydrogen-bond acceptors (Lipinski definition) is 4. The standard InChI is InChI=1S/C9H8ClF2NO3/c1-15-8-5(9(14)16-2)6(10)4(3-13-8)7(11)12/h3,7H,1-2H3. The SMILES string of the molecule is COC(=O)c1c(OC)ncc(C(F)F)c1Cl. The fourth-order valence-corrected chi connectivity index (χ4v) is 1.36. The van der Waals surface area contributed by atoms with E-state index in [0.29, 0.717) is 0 Å². The maximum Gasteiger partial charge on any atom is 0.344 e. The van der Waals surface area contributed by atoms with Crippen LogP contribution in [0.2, 0.25) is 5.02 Å². The Balaban J connectivity index is 3.40. The minimum atomic E-state index is -2.82. The van der Waals surface area contributed by atoms with Crippen LogP contribution in [0.15, 0.2) is 6.20 Å². The van der Waals surface area contributed by atoms with Gasteiger partial charge in [0.15, 0.2) is 0 Å². The van der Waals surface area contributed by atoms with Crippen molar-refractivity contribution in [1.82, 2.24) is 4.98 Å². The predicted molar refractivity (Wildman–Crippen MR) is 52.1 cm³/mol. The number of ether oxygens (including phenoxy) is 2. The number of nitrogens with zero attached hydrogens (tertiary/aromatic N) is 1. The van der Waals surface area contributed by atoms with E-state index in [2.05, 4.69) is 9.72 Å². The third-order valence-electron chi connectivity index (χ3n) is 1.83. The van der Waals surface area contributed by atoms with Crippen LogP contribution in [0, 0.1) is 0 Å². The van der Waals surface area contributed by atoms with Crippen molar-refractivity contribution in [1.29, 1.82) is 0 Å². The second-order valence-electron chi connectivity index (χ2n) is 2.70. The largest absolute Gasteiger partial charge is 0.480 e. The molecule has 88 valence electrons. The summed E-state index contributed by atoms with van der Waals surface area (Å²) < 4.78 is 34.1. The zero-order chi connectivity index (χ0) is 12.3. The van der Waals surface area contributed by atoms with Gasteiger partial charge in [-0.15, -0.1) is 0 Å². The average molecular weight is 252 g/mol. The van der Waals surface area contributed by atoms with Gasteiger partial charge in [-0.3, -0.25) is 0 Å². The Labute approximate surface area is 95.1 Å². The maximum absolute atomic E-state index is 12.5. The first kappa shape index (κ1) is 12.6. The molecule has 0 atom stereocenters. The van der Waals surface area contributed by atoms with Crippen molar-refractivity contribution in [3.05, 3.63) is 22.3 Å². The molecule has 1 aromatic heterocycles. The number of pyridine rings is 1. The van der Waals surface area contributed by atoms with Gasteiger partial charge in [-0.25, -0.2) is 18.6 Å². The monoisotopic (exact) mass is 251 g/mol. The molecule has 1 heterocycles. The van der Waals surface area contributed by atoms with Gasteiger partial charge in [0.1, 0.15) is 5.56 Å². The molecular formula is C9H8ClF2NO3. The summed E-state index contributed by atoms with van der Waals surface area (Å²) in [5.41, 5.74) is -0.840. The molecule has 0 aliphatic heterocycles. The molecule has 0 aliphatic rings. The fraction of sp³-hybridized carbons (Fsp3) is 0.333. The number of halogens is 3. The highest BCUT2D eigenvalue weighted by Gasteiger charge is 2.24. The molecule has 0 unspecified atom stereocenters. The van der Waals surface area contributed by atoms with Crippen molar-refractivity contribution in [2.24, 2.45) is 0 Å². The second-order valence-corrected chi connectivity index (χ2v) is 3.08. The minimum Gasteiger partial charge on any atom is -0.480 e. The molecule has 0 aromatic carbocycles. The van der Waals surface area contributed by atoms with Crippen LogP contribution in [0.25, 0.3) is 0 Å². The number of rotatable bonds is 3.